The highest BCUT2D eigenvalue weighted by atomic mass is 14.9. The first kappa shape index (κ1) is 12.1. The molecule has 15 heavy (non-hydrogen) atoms. The second-order valence-corrected chi connectivity index (χ2v) is 5.35. The molecule has 1 aromatic heterocycles. The van der Waals surface area contributed by atoms with E-state index in [0.29, 0.717) is 0 Å². The number of rotatable bonds is 2. The summed E-state index contributed by atoms with van der Waals surface area (Å²) in [6.45, 7) is 10.5. The Hall–Kier alpha value is -0.960. The number of nitrogens with zero attached hydrogens (tertiary/aromatic N) is 2. The lowest BCUT2D eigenvalue weighted by molar-refractivity contribution is 0.400. The van der Waals surface area contributed by atoms with Crippen molar-refractivity contribution in [1.82, 2.24) is 9.97 Å². The predicted molar refractivity (Wildman–Crippen MR) is 62.5 cm³/mol. The zero-order chi connectivity index (χ0) is 11.6. The zero-order valence-corrected chi connectivity index (χ0v) is 10.3. The van der Waals surface area contributed by atoms with Crippen LogP contribution in [0.4, 0.5) is 0 Å². The molecular formula is C12H21N3. The monoisotopic (exact) mass is 207 g/mol. The van der Waals surface area contributed by atoms with E-state index >= 15 is 0 Å². The van der Waals surface area contributed by atoms with Crippen LogP contribution in [0.3, 0.4) is 0 Å². The van der Waals surface area contributed by atoms with Gasteiger partial charge in [-0.25, -0.2) is 9.97 Å². The highest BCUT2D eigenvalue weighted by Gasteiger charge is 2.14. The van der Waals surface area contributed by atoms with Crippen LogP contribution in [0.15, 0.2) is 6.20 Å². The maximum absolute atomic E-state index is 5.81. The van der Waals surface area contributed by atoms with E-state index in [4.69, 9.17) is 5.73 Å². The van der Waals surface area contributed by atoms with E-state index in [9.17, 15) is 0 Å². The lowest BCUT2D eigenvalue weighted by atomic mass is 9.92. The Bertz CT molecular complexity index is 337. The zero-order valence-electron chi connectivity index (χ0n) is 10.3. The van der Waals surface area contributed by atoms with Crippen molar-refractivity contribution < 1.29 is 0 Å². The summed E-state index contributed by atoms with van der Waals surface area (Å²) in [5, 5.41) is 0. The summed E-state index contributed by atoms with van der Waals surface area (Å²) in [6.07, 6.45) is 2.75. The highest BCUT2D eigenvalue weighted by Crippen LogP contribution is 2.19. The molecule has 0 spiro atoms. The minimum absolute atomic E-state index is 0.00804. The average molecular weight is 207 g/mol. The Kier molecular flexibility index (Phi) is 3.45. The van der Waals surface area contributed by atoms with E-state index in [1.165, 1.54) is 0 Å². The van der Waals surface area contributed by atoms with Crippen LogP contribution in [0.25, 0.3) is 0 Å². The van der Waals surface area contributed by atoms with Gasteiger partial charge < -0.3 is 5.73 Å². The van der Waals surface area contributed by atoms with Crippen molar-refractivity contribution >= 4 is 0 Å². The van der Waals surface area contributed by atoms with Gasteiger partial charge in [0, 0.05) is 29.9 Å². The summed E-state index contributed by atoms with van der Waals surface area (Å²) < 4.78 is 0. The molecule has 0 saturated carbocycles. The Balaban J connectivity index is 2.92. The Morgan fingerprint density at radius 1 is 1.40 bits per heavy atom. The van der Waals surface area contributed by atoms with Crippen LogP contribution < -0.4 is 5.73 Å². The fourth-order valence-corrected chi connectivity index (χ4v) is 1.53. The standard InChI is InChI=1S/C12H21N3/c1-8(13)10-7-14-11(15-9(10)2)6-12(3,4)5/h7-8H,6,13H2,1-5H3. The molecule has 0 aromatic carbocycles. The molecule has 3 nitrogen and oxygen atoms in total. The van der Waals surface area contributed by atoms with Crippen LogP contribution >= 0.6 is 0 Å². The normalized spacial score (nSPS) is 14.0. The third-order valence-corrected chi connectivity index (χ3v) is 2.25. The maximum Gasteiger partial charge on any atom is 0.129 e. The Labute approximate surface area is 92.1 Å². The van der Waals surface area contributed by atoms with Gasteiger partial charge in [-0.15, -0.1) is 0 Å². The van der Waals surface area contributed by atoms with Crippen LogP contribution in [0, 0.1) is 12.3 Å². The number of hydrogen-bond donors (Lipinski definition) is 1. The first-order chi connectivity index (χ1) is 6.79. The molecule has 0 saturated heterocycles. The van der Waals surface area contributed by atoms with Gasteiger partial charge in [-0.2, -0.15) is 0 Å². The number of aryl methyl sites for hydroxylation is 1. The van der Waals surface area contributed by atoms with Gasteiger partial charge >= 0.3 is 0 Å². The topological polar surface area (TPSA) is 51.8 Å². The number of nitrogens with two attached hydrogens (primary N) is 1. The molecule has 3 heteroatoms. The first-order valence-corrected chi connectivity index (χ1v) is 5.37. The summed E-state index contributed by atoms with van der Waals surface area (Å²) in [4.78, 5) is 8.84. The molecule has 2 N–H and O–H groups in total. The van der Waals surface area contributed by atoms with Crippen LogP contribution in [0.5, 0.6) is 0 Å². The fraction of sp³-hybridized carbons (Fsp3) is 0.667. The molecule has 1 aromatic rings. The second kappa shape index (κ2) is 4.27. The third kappa shape index (κ3) is 3.59. The van der Waals surface area contributed by atoms with Crippen LogP contribution in [0.2, 0.25) is 0 Å². The summed E-state index contributed by atoms with van der Waals surface area (Å²) in [6, 6.07) is 0.00804. The summed E-state index contributed by atoms with van der Waals surface area (Å²) >= 11 is 0. The van der Waals surface area contributed by atoms with Gasteiger partial charge in [-0.3, -0.25) is 0 Å². The molecule has 0 aliphatic rings. The largest absolute Gasteiger partial charge is 0.324 e. The molecule has 0 aliphatic heterocycles. The van der Waals surface area contributed by atoms with Crippen molar-refractivity contribution in [3.63, 3.8) is 0 Å². The molecule has 84 valence electrons. The van der Waals surface area contributed by atoms with E-state index < -0.39 is 0 Å². The van der Waals surface area contributed by atoms with Crippen LogP contribution in [0.1, 0.15) is 50.8 Å². The van der Waals surface area contributed by atoms with Crippen LogP contribution in [-0.2, 0) is 6.42 Å². The van der Waals surface area contributed by atoms with Crippen molar-refractivity contribution in [3.05, 3.63) is 23.3 Å². The molecular weight excluding hydrogens is 186 g/mol. The molecule has 1 unspecified atom stereocenters. The van der Waals surface area contributed by atoms with Crippen LogP contribution in [-0.4, -0.2) is 9.97 Å². The quantitative estimate of drug-likeness (QED) is 0.810. The van der Waals surface area contributed by atoms with Gasteiger partial charge in [0.2, 0.25) is 0 Å². The second-order valence-electron chi connectivity index (χ2n) is 5.35. The molecule has 0 bridgehead atoms. The van der Waals surface area contributed by atoms with Crippen molar-refractivity contribution in [2.45, 2.75) is 47.1 Å². The molecule has 0 fully saturated rings. The SMILES string of the molecule is Cc1nc(CC(C)(C)C)ncc1C(C)N. The maximum atomic E-state index is 5.81. The van der Waals surface area contributed by atoms with Gasteiger partial charge in [0.25, 0.3) is 0 Å². The van der Waals surface area contributed by atoms with Gasteiger partial charge in [0.1, 0.15) is 5.82 Å². The number of aromatic nitrogens is 2. The van der Waals surface area contributed by atoms with E-state index in [1.807, 2.05) is 20.0 Å². The molecule has 0 aliphatic carbocycles. The summed E-state index contributed by atoms with van der Waals surface area (Å²) in [5.41, 5.74) is 8.07. The fourth-order valence-electron chi connectivity index (χ4n) is 1.53. The van der Waals surface area contributed by atoms with E-state index in [1.54, 1.807) is 0 Å². The van der Waals surface area contributed by atoms with Crippen molar-refractivity contribution in [2.24, 2.45) is 11.1 Å². The third-order valence-electron chi connectivity index (χ3n) is 2.25. The minimum Gasteiger partial charge on any atom is -0.324 e. The Morgan fingerprint density at radius 2 is 2.00 bits per heavy atom. The van der Waals surface area contributed by atoms with Gasteiger partial charge in [-0.1, -0.05) is 20.8 Å². The molecule has 1 rings (SSSR count). The van der Waals surface area contributed by atoms with Crippen molar-refractivity contribution in [1.29, 1.82) is 0 Å². The van der Waals surface area contributed by atoms with Gasteiger partial charge in [0.15, 0.2) is 0 Å². The number of hydrogen-bond acceptors (Lipinski definition) is 3. The smallest absolute Gasteiger partial charge is 0.129 e. The van der Waals surface area contributed by atoms with Gasteiger partial charge in [0.05, 0.1) is 0 Å². The minimum atomic E-state index is 0.00804. The molecule has 1 heterocycles. The highest BCUT2D eigenvalue weighted by molar-refractivity contribution is 5.19. The van der Waals surface area contributed by atoms with E-state index in [0.717, 1.165) is 23.5 Å². The first-order valence-electron chi connectivity index (χ1n) is 5.37. The van der Waals surface area contributed by atoms with E-state index in [2.05, 4.69) is 30.7 Å². The van der Waals surface area contributed by atoms with Crippen molar-refractivity contribution in [2.75, 3.05) is 0 Å². The summed E-state index contributed by atoms with van der Waals surface area (Å²) in [5.74, 6) is 0.907. The van der Waals surface area contributed by atoms with Gasteiger partial charge in [-0.05, 0) is 19.3 Å². The predicted octanol–water partition coefficient (Wildman–Crippen LogP) is 2.39. The van der Waals surface area contributed by atoms with E-state index in [-0.39, 0.29) is 11.5 Å². The molecule has 0 amide bonds. The lowest BCUT2D eigenvalue weighted by Gasteiger charge is -2.17. The summed E-state index contributed by atoms with van der Waals surface area (Å²) in [7, 11) is 0. The Morgan fingerprint density at radius 3 is 2.40 bits per heavy atom. The lowest BCUT2D eigenvalue weighted by Crippen LogP contribution is -2.15. The van der Waals surface area contributed by atoms with Crippen molar-refractivity contribution in [3.8, 4) is 0 Å². The molecule has 0 radical (unpaired) electrons. The molecule has 1 atom stereocenters. The average Bonchev–Trinajstić information content (AvgIpc) is 1.99.